The summed E-state index contributed by atoms with van der Waals surface area (Å²) in [5, 5.41) is 0.401. The summed E-state index contributed by atoms with van der Waals surface area (Å²) in [6.45, 7) is 4.28. The standard InChI is InChI=1S/C23H21ClFNO2/c1-15-6-4-9-21(16(15)2)26-13-18-11-20(24)23(22(12-18)27-3)28-14-17-7-5-8-19(25)10-17/h4-13H,14H2,1-3H3. The monoisotopic (exact) mass is 397 g/mol. The summed E-state index contributed by atoms with van der Waals surface area (Å²) in [7, 11) is 1.55. The molecule has 0 unspecified atom stereocenters. The summed E-state index contributed by atoms with van der Waals surface area (Å²) in [6, 6.07) is 15.8. The molecule has 0 spiro atoms. The average Bonchev–Trinajstić information content (AvgIpc) is 2.68. The molecule has 0 radical (unpaired) electrons. The number of hydrogen-bond acceptors (Lipinski definition) is 3. The number of ether oxygens (including phenoxy) is 2. The second-order valence-electron chi connectivity index (χ2n) is 6.43. The number of rotatable bonds is 6. The molecule has 0 heterocycles. The third kappa shape index (κ3) is 4.70. The Morgan fingerprint density at radius 1 is 1.07 bits per heavy atom. The average molecular weight is 398 g/mol. The first-order chi connectivity index (χ1) is 13.5. The van der Waals surface area contributed by atoms with E-state index in [1.807, 2.05) is 19.1 Å². The minimum atomic E-state index is -0.308. The van der Waals surface area contributed by atoms with E-state index in [0.29, 0.717) is 22.1 Å². The van der Waals surface area contributed by atoms with Gasteiger partial charge in [0, 0.05) is 6.21 Å². The van der Waals surface area contributed by atoms with Crippen LogP contribution in [0.25, 0.3) is 0 Å². The fourth-order valence-corrected chi connectivity index (χ4v) is 3.03. The lowest BCUT2D eigenvalue weighted by molar-refractivity contribution is 0.284. The predicted octanol–water partition coefficient (Wildman–Crippen LogP) is 6.43. The second-order valence-corrected chi connectivity index (χ2v) is 6.84. The van der Waals surface area contributed by atoms with Gasteiger partial charge >= 0.3 is 0 Å². The summed E-state index contributed by atoms with van der Waals surface area (Å²) in [6.07, 6.45) is 1.74. The summed E-state index contributed by atoms with van der Waals surface area (Å²) < 4.78 is 24.5. The van der Waals surface area contributed by atoms with Crippen molar-refractivity contribution < 1.29 is 13.9 Å². The van der Waals surface area contributed by atoms with Crippen molar-refractivity contribution in [2.45, 2.75) is 20.5 Å². The van der Waals surface area contributed by atoms with E-state index < -0.39 is 0 Å². The number of benzene rings is 3. The molecule has 0 aliphatic carbocycles. The molecule has 0 atom stereocenters. The maximum atomic E-state index is 13.3. The first kappa shape index (κ1) is 19.9. The molecule has 0 aromatic heterocycles. The van der Waals surface area contributed by atoms with Crippen molar-refractivity contribution in [3.05, 3.63) is 87.7 Å². The molecule has 3 nitrogen and oxygen atoms in total. The summed E-state index contributed by atoms with van der Waals surface area (Å²) >= 11 is 6.41. The SMILES string of the molecule is COc1cc(C=Nc2cccc(C)c2C)cc(Cl)c1OCc1cccc(F)c1. The lowest BCUT2D eigenvalue weighted by Crippen LogP contribution is -2.00. The summed E-state index contributed by atoms with van der Waals surface area (Å²) in [5.74, 6) is 0.598. The van der Waals surface area contributed by atoms with Gasteiger partial charge in [0.25, 0.3) is 0 Å². The van der Waals surface area contributed by atoms with Crippen molar-refractivity contribution in [2.24, 2.45) is 4.99 Å². The Morgan fingerprint density at radius 2 is 1.86 bits per heavy atom. The highest BCUT2D eigenvalue weighted by Gasteiger charge is 2.12. The van der Waals surface area contributed by atoms with Gasteiger partial charge in [0.1, 0.15) is 12.4 Å². The molecule has 0 aliphatic heterocycles. The van der Waals surface area contributed by atoms with Crippen LogP contribution in [-0.4, -0.2) is 13.3 Å². The zero-order chi connectivity index (χ0) is 20.1. The van der Waals surface area contributed by atoms with Gasteiger partial charge in [-0.05, 0) is 66.4 Å². The number of halogens is 2. The normalized spacial score (nSPS) is 11.0. The van der Waals surface area contributed by atoms with Crippen molar-refractivity contribution in [1.29, 1.82) is 0 Å². The summed E-state index contributed by atoms with van der Waals surface area (Å²) in [4.78, 5) is 4.56. The molecule has 0 bridgehead atoms. The predicted molar refractivity (Wildman–Crippen MR) is 112 cm³/mol. The fraction of sp³-hybridized carbons (Fsp3) is 0.174. The van der Waals surface area contributed by atoms with Gasteiger partial charge in [0.05, 0.1) is 17.8 Å². The van der Waals surface area contributed by atoms with E-state index in [1.54, 1.807) is 37.6 Å². The van der Waals surface area contributed by atoms with Crippen LogP contribution in [0.15, 0.2) is 59.6 Å². The Morgan fingerprint density at radius 3 is 2.61 bits per heavy atom. The first-order valence-electron chi connectivity index (χ1n) is 8.83. The number of aryl methyl sites for hydroxylation is 1. The van der Waals surface area contributed by atoms with Crippen LogP contribution in [0, 0.1) is 19.7 Å². The van der Waals surface area contributed by atoms with E-state index in [2.05, 4.69) is 18.0 Å². The number of methoxy groups -OCH3 is 1. The fourth-order valence-electron chi connectivity index (χ4n) is 2.76. The van der Waals surface area contributed by atoms with Gasteiger partial charge in [-0.25, -0.2) is 4.39 Å². The van der Waals surface area contributed by atoms with Crippen LogP contribution < -0.4 is 9.47 Å². The zero-order valence-corrected chi connectivity index (χ0v) is 16.8. The Bertz CT molecular complexity index is 1020. The Balaban J connectivity index is 1.83. The third-order valence-corrected chi connectivity index (χ3v) is 4.73. The first-order valence-corrected chi connectivity index (χ1v) is 9.21. The number of hydrogen-bond donors (Lipinski definition) is 0. The van der Waals surface area contributed by atoms with Crippen molar-refractivity contribution in [3.8, 4) is 11.5 Å². The molecule has 0 saturated heterocycles. The quantitative estimate of drug-likeness (QED) is 0.448. The van der Waals surface area contributed by atoms with E-state index in [9.17, 15) is 4.39 Å². The van der Waals surface area contributed by atoms with Crippen LogP contribution in [0.2, 0.25) is 5.02 Å². The van der Waals surface area contributed by atoms with Crippen LogP contribution in [-0.2, 0) is 6.61 Å². The second kappa shape index (κ2) is 8.89. The maximum absolute atomic E-state index is 13.3. The molecular weight excluding hydrogens is 377 g/mol. The van der Waals surface area contributed by atoms with Crippen molar-refractivity contribution in [2.75, 3.05) is 7.11 Å². The van der Waals surface area contributed by atoms with Crippen LogP contribution in [0.1, 0.15) is 22.3 Å². The van der Waals surface area contributed by atoms with Gasteiger partial charge in [0.15, 0.2) is 11.5 Å². The van der Waals surface area contributed by atoms with Crippen LogP contribution >= 0.6 is 11.6 Å². The highest BCUT2D eigenvalue weighted by molar-refractivity contribution is 6.32. The molecule has 3 aromatic rings. The van der Waals surface area contributed by atoms with Gasteiger partial charge in [0.2, 0.25) is 0 Å². The Hall–Kier alpha value is -2.85. The van der Waals surface area contributed by atoms with Crippen molar-refractivity contribution in [3.63, 3.8) is 0 Å². The van der Waals surface area contributed by atoms with Crippen LogP contribution in [0.4, 0.5) is 10.1 Å². The molecule has 0 aliphatic rings. The van der Waals surface area contributed by atoms with E-state index >= 15 is 0 Å². The number of aliphatic imine (C=N–C) groups is 1. The van der Waals surface area contributed by atoms with E-state index in [4.69, 9.17) is 21.1 Å². The van der Waals surface area contributed by atoms with Crippen molar-refractivity contribution >= 4 is 23.5 Å². The van der Waals surface area contributed by atoms with E-state index in [1.165, 1.54) is 17.7 Å². The maximum Gasteiger partial charge on any atom is 0.180 e. The minimum absolute atomic E-state index is 0.184. The van der Waals surface area contributed by atoms with Gasteiger partial charge in [-0.2, -0.15) is 0 Å². The molecule has 0 fully saturated rings. The molecule has 5 heteroatoms. The lowest BCUT2D eigenvalue weighted by Gasteiger charge is -2.13. The Kier molecular flexibility index (Phi) is 6.32. The molecule has 0 amide bonds. The van der Waals surface area contributed by atoms with Crippen molar-refractivity contribution in [1.82, 2.24) is 0 Å². The largest absolute Gasteiger partial charge is 0.493 e. The van der Waals surface area contributed by atoms with Crippen LogP contribution in [0.3, 0.4) is 0 Å². The molecule has 144 valence electrons. The van der Waals surface area contributed by atoms with E-state index in [-0.39, 0.29) is 12.4 Å². The summed E-state index contributed by atoms with van der Waals surface area (Å²) in [5.41, 5.74) is 4.72. The third-order valence-electron chi connectivity index (χ3n) is 4.45. The molecule has 3 aromatic carbocycles. The topological polar surface area (TPSA) is 30.8 Å². The van der Waals surface area contributed by atoms with Gasteiger partial charge in [-0.15, -0.1) is 0 Å². The minimum Gasteiger partial charge on any atom is -0.493 e. The molecule has 0 N–H and O–H groups in total. The lowest BCUT2D eigenvalue weighted by atomic mass is 10.1. The highest BCUT2D eigenvalue weighted by Crippen LogP contribution is 2.37. The van der Waals surface area contributed by atoms with Gasteiger partial charge in [-0.1, -0.05) is 35.9 Å². The van der Waals surface area contributed by atoms with E-state index in [0.717, 1.165) is 16.8 Å². The van der Waals surface area contributed by atoms with Gasteiger partial charge in [-0.3, -0.25) is 4.99 Å². The van der Waals surface area contributed by atoms with Crippen LogP contribution in [0.5, 0.6) is 11.5 Å². The Labute approximate surface area is 169 Å². The highest BCUT2D eigenvalue weighted by atomic mass is 35.5. The smallest absolute Gasteiger partial charge is 0.180 e. The molecule has 0 saturated carbocycles. The molecular formula is C23H21ClFNO2. The van der Waals surface area contributed by atoms with Gasteiger partial charge < -0.3 is 9.47 Å². The zero-order valence-electron chi connectivity index (χ0n) is 16.0. The number of nitrogens with zero attached hydrogens (tertiary/aromatic N) is 1. The molecule has 28 heavy (non-hydrogen) atoms. The molecule has 3 rings (SSSR count).